The van der Waals surface area contributed by atoms with Gasteiger partial charge in [0.25, 0.3) is 11.5 Å². The van der Waals surface area contributed by atoms with Crippen LogP contribution < -0.4 is 10.9 Å². The number of carbonyl (C=O) groups is 1. The second-order valence-corrected chi connectivity index (χ2v) is 7.91. The number of nitrogens with zero attached hydrogens (tertiary/aromatic N) is 3. The summed E-state index contributed by atoms with van der Waals surface area (Å²) in [6.45, 7) is 5.02. The lowest BCUT2D eigenvalue weighted by molar-refractivity contribution is 0.0303. The third kappa shape index (κ3) is 3.14. The highest BCUT2D eigenvalue weighted by Gasteiger charge is 2.31. The Bertz CT molecular complexity index is 964. The Morgan fingerprint density at radius 3 is 2.89 bits per heavy atom. The minimum atomic E-state index is -0.0130. The van der Waals surface area contributed by atoms with Crippen LogP contribution in [0, 0.1) is 5.92 Å². The van der Waals surface area contributed by atoms with Gasteiger partial charge in [0.1, 0.15) is 0 Å². The van der Waals surface area contributed by atoms with Crippen LogP contribution in [0.5, 0.6) is 0 Å². The highest BCUT2D eigenvalue weighted by molar-refractivity contribution is 5.95. The van der Waals surface area contributed by atoms with Gasteiger partial charge in [0.05, 0.1) is 18.9 Å². The number of carbonyl (C=O) groups excluding carboxylic acids is 1. The number of hydrogen-bond donors (Lipinski definition) is 1. The maximum Gasteiger partial charge on any atom is 0.254 e. The molecule has 3 aliphatic rings. The van der Waals surface area contributed by atoms with Crippen molar-refractivity contribution in [1.29, 1.82) is 0 Å². The summed E-state index contributed by atoms with van der Waals surface area (Å²) in [6, 6.07) is 7.28. The van der Waals surface area contributed by atoms with Crippen LogP contribution in [-0.4, -0.2) is 59.8 Å². The maximum absolute atomic E-state index is 12.8. The van der Waals surface area contributed by atoms with Crippen molar-refractivity contribution in [3.63, 3.8) is 0 Å². The highest BCUT2D eigenvalue weighted by Crippen LogP contribution is 2.33. The van der Waals surface area contributed by atoms with Gasteiger partial charge in [-0.05, 0) is 37.1 Å². The topological polar surface area (TPSA) is 76.5 Å². The molecule has 0 unspecified atom stereocenters. The van der Waals surface area contributed by atoms with Gasteiger partial charge in [0.2, 0.25) is 0 Å². The molecule has 0 aliphatic carbocycles. The average Bonchev–Trinajstić information content (AvgIpc) is 2.75. The third-order valence-corrected chi connectivity index (χ3v) is 6.06. The molecule has 2 fully saturated rings. The van der Waals surface area contributed by atoms with Gasteiger partial charge in [-0.25, -0.2) is 0 Å². The monoisotopic (exact) mass is 380 g/mol. The third-order valence-electron chi connectivity index (χ3n) is 6.06. The van der Waals surface area contributed by atoms with Gasteiger partial charge in [-0.3, -0.25) is 14.6 Å². The lowest BCUT2D eigenvalue weighted by Gasteiger charge is -2.37. The summed E-state index contributed by atoms with van der Waals surface area (Å²) in [5.74, 6) is 0.877. The molecule has 1 amide bonds. The lowest BCUT2D eigenvalue weighted by atomic mass is 9.83. The van der Waals surface area contributed by atoms with Gasteiger partial charge in [-0.2, -0.15) is 0 Å². The minimum Gasteiger partial charge on any atom is -0.378 e. The molecule has 5 rings (SSSR count). The van der Waals surface area contributed by atoms with Crippen LogP contribution in [0.15, 0.2) is 35.3 Å². The van der Waals surface area contributed by atoms with Crippen LogP contribution >= 0.6 is 0 Å². The normalized spacial score (nSPS) is 23.9. The molecule has 2 atom stereocenters. The predicted molar refractivity (Wildman–Crippen MR) is 104 cm³/mol. The van der Waals surface area contributed by atoms with Crippen LogP contribution in [0.25, 0.3) is 11.3 Å². The molecule has 7 nitrogen and oxygen atoms in total. The van der Waals surface area contributed by atoms with E-state index in [2.05, 4.69) is 16.4 Å². The fraction of sp³-hybridized carbons (Fsp3) is 0.476. The minimum absolute atomic E-state index is 0.0130. The van der Waals surface area contributed by atoms with Crippen LogP contribution in [0.4, 0.5) is 0 Å². The molecule has 0 radical (unpaired) electrons. The molecule has 0 aromatic carbocycles. The number of aromatic nitrogens is 2. The highest BCUT2D eigenvalue weighted by atomic mass is 16.5. The SMILES string of the molecule is O=C(c1ccnc(-c2cc3n(c(=O)c2)C[C@@H]2CNC[C@H]3C2)c1)N1CCOCC1. The largest absolute Gasteiger partial charge is 0.378 e. The Hall–Kier alpha value is -2.51. The van der Waals surface area contributed by atoms with Crippen molar-refractivity contribution in [3.8, 4) is 11.3 Å². The van der Waals surface area contributed by atoms with Crippen molar-refractivity contribution < 1.29 is 9.53 Å². The number of morpholine rings is 1. The molecule has 2 bridgehead atoms. The summed E-state index contributed by atoms with van der Waals surface area (Å²) in [5.41, 5.74) is 3.17. The Morgan fingerprint density at radius 1 is 1.18 bits per heavy atom. The predicted octanol–water partition coefficient (Wildman–Crippen LogP) is 1.09. The van der Waals surface area contributed by atoms with Gasteiger partial charge in [0, 0.05) is 61.2 Å². The number of hydrogen-bond acceptors (Lipinski definition) is 5. The molecular formula is C21H24N4O3. The number of nitrogens with one attached hydrogen (secondary N) is 1. The van der Waals surface area contributed by atoms with E-state index < -0.39 is 0 Å². The van der Waals surface area contributed by atoms with Crippen LogP contribution in [0.2, 0.25) is 0 Å². The molecular weight excluding hydrogens is 356 g/mol. The molecule has 3 aliphatic heterocycles. The average molecular weight is 380 g/mol. The Kier molecular flexibility index (Phi) is 4.49. The van der Waals surface area contributed by atoms with Crippen molar-refractivity contribution in [2.24, 2.45) is 5.92 Å². The van der Waals surface area contributed by atoms with Crippen molar-refractivity contribution in [2.75, 3.05) is 39.4 Å². The number of amides is 1. The molecule has 1 N–H and O–H groups in total. The first-order valence-corrected chi connectivity index (χ1v) is 9.98. The van der Waals surface area contributed by atoms with E-state index in [-0.39, 0.29) is 11.5 Å². The van der Waals surface area contributed by atoms with E-state index in [0.717, 1.165) is 37.3 Å². The van der Waals surface area contributed by atoms with E-state index in [9.17, 15) is 9.59 Å². The Labute approximate surface area is 163 Å². The van der Waals surface area contributed by atoms with Gasteiger partial charge in [-0.15, -0.1) is 0 Å². The molecule has 0 spiro atoms. The van der Waals surface area contributed by atoms with E-state index in [1.54, 1.807) is 29.3 Å². The van der Waals surface area contributed by atoms with Crippen molar-refractivity contribution in [2.45, 2.75) is 18.9 Å². The van der Waals surface area contributed by atoms with Gasteiger partial charge in [0.15, 0.2) is 0 Å². The van der Waals surface area contributed by atoms with Gasteiger partial charge >= 0.3 is 0 Å². The summed E-state index contributed by atoms with van der Waals surface area (Å²) in [5, 5.41) is 3.48. The molecule has 2 aromatic heterocycles. The fourth-order valence-electron chi connectivity index (χ4n) is 4.62. The second kappa shape index (κ2) is 7.14. The second-order valence-electron chi connectivity index (χ2n) is 7.91. The number of pyridine rings is 2. The van der Waals surface area contributed by atoms with Gasteiger partial charge < -0.3 is 19.5 Å². The van der Waals surface area contributed by atoms with Gasteiger partial charge in [-0.1, -0.05) is 0 Å². The fourth-order valence-corrected chi connectivity index (χ4v) is 4.62. The van der Waals surface area contributed by atoms with E-state index in [1.165, 1.54) is 0 Å². The number of rotatable bonds is 2. The number of piperidine rings is 1. The summed E-state index contributed by atoms with van der Waals surface area (Å²) >= 11 is 0. The van der Waals surface area contributed by atoms with Crippen molar-refractivity contribution in [3.05, 3.63) is 52.1 Å². The molecule has 0 saturated carbocycles. The van der Waals surface area contributed by atoms with Crippen LogP contribution in [-0.2, 0) is 11.3 Å². The van der Waals surface area contributed by atoms with Crippen molar-refractivity contribution >= 4 is 5.91 Å². The quantitative estimate of drug-likeness (QED) is 0.844. The first-order chi connectivity index (χ1) is 13.7. The zero-order valence-corrected chi connectivity index (χ0v) is 15.8. The summed E-state index contributed by atoms with van der Waals surface area (Å²) in [6.07, 6.45) is 2.77. The number of ether oxygens (including phenoxy) is 1. The van der Waals surface area contributed by atoms with E-state index in [4.69, 9.17) is 4.74 Å². The zero-order valence-electron chi connectivity index (χ0n) is 15.8. The van der Waals surface area contributed by atoms with Crippen molar-refractivity contribution in [1.82, 2.24) is 19.8 Å². The van der Waals surface area contributed by atoms with Crippen LogP contribution in [0.3, 0.4) is 0 Å². The summed E-state index contributed by atoms with van der Waals surface area (Å²) < 4.78 is 7.25. The molecule has 28 heavy (non-hydrogen) atoms. The molecule has 5 heterocycles. The Balaban J connectivity index is 1.49. The van der Waals surface area contributed by atoms with E-state index >= 15 is 0 Å². The molecule has 7 heteroatoms. The Morgan fingerprint density at radius 2 is 2.04 bits per heavy atom. The number of fused-ring (bicyclic) bond motifs is 4. The first-order valence-electron chi connectivity index (χ1n) is 9.98. The van der Waals surface area contributed by atoms with E-state index in [0.29, 0.717) is 49.4 Å². The molecule has 146 valence electrons. The summed E-state index contributed by atoms with van der Waals surface area (Å²) in [7, 11) is 0. The zero-order chi connectivity index (χ0) is 19.1. The lowest BCUT2D eigenvalue weighted by Crippen LogP contribution is -2.44. The van der Waals surface area contributed by atoms with E-state index in [1.807, 2.05) is 4.57 Å². The molecule has 2 saturated heterocycles. The molecule has 2 aromatic rings. The maximum atomic E-state index is 12.8. The smallest absolute Gasteiger partial charge is 0.254 e. The standard InChI is InChI=1S/C21H24N4O3/c26-20-10-16(9-19-17-7-14(11-22-12-17)13-25(19)20)18-8-15(1-2-23-18)21(27)24-3-5-28-6-4-24/h1-2,8-10,14,17,22H,3-7,11-13H2/t14-,17+/m0/s1. The van der Waals surface area contributed by atoms with Crippen LogP contribution in [0.1, 0.15) is 28.4 Å². The first kappa shape index (κ1) is 17.6. The summed E-state index contributed by atoms with van der Waals surface area (Å²) in [4.78, 5) is 31.8.